The zero-order valence-corrected chi connectivity index (χ0v) is 14.2. The van der Waals surface area contributed by atoms with Gasteiger partial charge >= 0.3 is 0 Å². The predicted molar refractivity (Wildman–Crippen MR) is 101 cm³/mol. The molecule has 0 radical (unpaired) electrons. The summed E-state index contributed by atoms with van der Waals surface area (Å²) in [5, 5.41) is 4.10. The highest BCUT2D eigenvalue weighted by molar-refractivity contribution is 7.80. The van der Waals surface area contributed by atoms with Crippen molar-refractivity contribution >= 4 is 40.2 Å². The summed E-state index contributed by atoms with van der Waals surface area (Å²) in [6, 6.07) is 16.2. The molecule has 1 N–H and O–H groups in total. The standard InChI is InChI=1S/C19H17ClN2S/c20-14-8-9-16-15(11-14)18(13-4-2-1-3-5-13)21-17(19(23)22-16)10-12-6-7-12/h1-5,8-9,11-12,17H,6-7,10H2,(H,22,23). The van der Waals surface area contributed by atoms with Gasteiger partial charge in [-0.3, -0.25) is 4.99 Å². The van der Waals surface area contributed by atoms with Gasteiger partial charge in [0, 0.05) is 21.8 Å². The molecule has 1 unspecified atom stereocenters. The molecular weight excluding hydrogens is 324 g/mol. The third kappa shape index (κ3) is 3.17. The van der Waals surface area contributed by atoms with Crippen LogP contribution in [0.1, 0.15) is 30.4 Å². The number of aliphatic imine (C=N–C) groups is 1. The molecule has 2 aliphatic rings. The lowest BCUT2D eigenvalue weighted by Gasteiger charge is -2.13. The number of hydrogen-bond donors (Lipinski definition) is 1. The van der Waals surface area contributed by atoms with Crippen LogP contribution in [0.3, 0.4) is 0 Å². The van der Waals surface area contributed by atoms with Crippen LogP contribution in [0.5, 0.6) is 0 Å². The number of nitrogens with one attached hydrogen (secondary N) is 1. The van der Waals surface area contributed by atoms with E-state index in [2.05, 4.69) is 17.4 Å². The van der Waals surface area contributed by atoms with Gasteiger partial charge < -0.3 is 5.32 Å². The summed E-state index contributed by atoms with van der Waals surface area (Å²) in [5.74, 6) is 0.769. The minimum atomic E-state index is 0.0406. The number of rotatable bonds is 3. The van der Waals surface area contributed by atoms with Crippen LogP contribution in [0, 0.1) is 5.92 Å². The van der Waals surface area contributed by atoms with Gasteiger partial charge in [-0.2, -0.15) is 0 Å². The number of hydrogen-bond acceptors (Lipinski definition) is 2. The van der Waals surface area contributed by atoms with Crippen LogP contribution >= 0.6 is 23.8 Å². The molecule has 1 aliphatic heterocycles. The van der Waals surface area contributed by atoms with E-state index >= 15 is 0 Å². The highest BCUT2D eigenvalue weighted by atomic mass is 35.5. The Bertz CT molecular complexity index is 781. The molecule has 4 rings (SSSR count). The minimum Gasteiger partial charge on any atom is -0.348 e. The van der Waals surface area contributed by atoms with Gasteiger partial charge in [0.05, 0.1) is 5.71 Å². The minimum absolute atomic E-state index is 0.0406. The number of halogens is 1. The predicted octanol–water partition coefficient (Wildman–Crippen LogP) is 5.10. The Morgan fingerprint density at radius 3 is 2.65 bits per heavy atom. The number of thiocarbonyl (C=S) groups is 1. The third-order valence-corrected chi connectivity index (χ3v) is 4.99. The maximum absolute atomic E-state index is 6.23. The van der Waals surface area contributed by atoms with Gasteiger partial charge in [0.15, 0.2) is 0 Å². The van der Waals surface area contributed by atoms with Gasteiger partial charge in [-0.15, -0.1) is 0 Å². The molecule has 1 heterocycles. The molecule has 1 atom stereocenters. The van der Waals surface area contributed by atoms with Crippen molar-refractivity contribution in [3.63, 3.8) is 0 Å². The number of benzene rings is 2. The lowest BCUT2D eigenvalue weighted by Crippen LogP contribution is -2.24. The van der Waals surface area contributed by atoms with Crippen molar-refractivity contribution in [3.05, 3.63) is 64.7 Å². The highest BCUT2D eigenvalue weighted by Crippen LogP contribution is 2.36. The first-order chi connectivity index (χ1) is 11.2. The van der Waals surface area contributed by atoms with E-state index in [1.165, 1.54) is 12.8 Å². The monoisotopic (exact) mass is 340 g/mol. The summed E-state index contributed by atoms with van der Waals surface area (Å²) >= 11 is 11.9. The summed E-state index contributed by atoms with van der Waals surface area (Å²) in [7, 11) is 0. The molecule has 0 saturated heterocycles. The quantitative estimate of drug-likeness (QED) is 0.786. The Labute approximate surface area is 146 Å². The average molecular weight is 341 g/mol. The van der Waals surface area contributed by atoms with E-state index in [1.54, 1.807) is 0 Å². The van der Waals surface area contributed by atoms with Gasteiger partial charge in [0.1, 0.15) is 11.0 Å². The summed E-state index contributed by atoms with van der Waals surface area (Å²) in [6.45, 7) is 0. The van der Waals surface area contributed by atoms with E-state index in [4.69, 9.17) is 28.8 Å². The lowest BCUT2D eigenvalue weighted by molar-refractivity contribution is 0.683. The number of fused-ring (bicyclic) bond motifs is 1. The Morgan fingerprint density at radius 2 is 1.91 bits per heavy atom. The molecule has 2 aromatic rings. The van der Waals surface area contributed by atoms with Crippen LogP contribution in [0.15, 0.2) is 53.5 Å². The smallest absolute Gasteiger partial charge is 0.105 e. The van der Waals surface area contributed by atoms with Crippen LogP contribution < -0.4 is 5.32 Å². The highest BCUT2D eigenvalue weighted by Gasteiger charge is 2.30. The molecule has 4 heteroatoms. The molecule has 0 bridgehead atoms. The van der Waals surface area contributed by atoms with Crippen LogP contribution in [0.4, 0.5) is 5.69 Å². The maximum atomic E-state index is 6.23. The van der Waals surface area contributed by atoms with Gasteiger partial charge in [-0.25, -0.2) is 0 Å². The molecular formula is C19H17ClN2S. The number of nitrogens with zero attached hydrogens (tertiary/aromatic N) is 1. The first-order valence-electron chi connectivity index (χ1n) is 7.95. The van der Waals surface area contributed by atoms with Crippen molar-refractivity contribution in [3.8, 4) is 0 Å². The number of benzodiazepines with no additional fused rings is 1. The molecule has 116 valence electrons. The summed E-state index contributed by atoms with van der Waals surface area (Å²) in [5.41, 5.74) is 4.08. The molecule has 2 aromatic carbocycles. The van der Waals surface area contributed by atoms with Crippen LogP contribution in [0.2, 0.25) is 5.02 Å². The summed E-state index contributed by atoms with van der Waals surface area (Å²) in [6.07, 6.45) is 3.63. The zero-order valence-electron chi connectivity index (χ0n) is 12.6. The summed E-state index contributed by atoms with van der Waals surface area (Å²) in [4.78, 5) is 5.86. The normalized spacial score (nSPS) is 20.3. The van der Waals surface area contributed by atoms with Crippen molar-refractivity contribution in [2.45, 2.75) is 25.3 Å². The van der Waals surface area contributed by atoms with E-state index in [-0.39, 0.29) is 6.04 Å². The fourth-order valence-electron chi connectivity index (χ4n) is 2.98. The molecule has 1 aliphatic carbocycles. The largest absolute Gasteiger partial charge is 0.348 e. The molecule has 0 amide bonds. The maximum Gasteiger partial charge on any atom is 0.105 e. The SMILES string of the molecule is S=C1Nc2ccc(Cl)cc2C(c2ccccc2)=NC1CC1CC1. The Balaban J connectivity index is 1.85. The first kappa shape index (κ1) is 14.9. The Kier molecular flexibility index (Phi) is 3.92. The fraction of sp³-hybridized carbons (Fsp3) is 0.263. The van der Waals surface area contributed by atoms with E-state index in [9.17, 15) is 0 Å². The van der Waals surface area contributed by atoms with Gasteiger partial charge in [-0.1, -0.05) is 67.0 Å². The second-order valence-corrected chi connectivity index (χ2v) is 7.09. The van der Waals surface area contributed by atoms with E-state index < -0.39 is 0 Å². The van der Waals surface area contributed by atoms with Gasteiger partial charge in [-0.05, 0) is 30.5 Å². The van der Waals surface area contributed by atoms with E-state index in [0.717, 1.165) is 39.9 Å². The zero-order chi connectivity index (χ0) is 15.8. The van der Waals surface area contributed by atoms with Crippen molar-refractivity contribution in [1.82, 2.24) is 0 Å². The molecule has 1 saturated carbocycles. The van der Waals surface area contributed by atoms with Crippen LogP contribution in [-0.4, -0.2) is 16.7 Å². The molecule has 1 fully saturated rings. The van der Waals surface area contributed by atoms with Crippen LogP contribution in [0.25, 0.3) is 0 Å². The molecule has 2 nitrogen and oxygen atoms in total. The summed E-state index contributed by atoms with van der Waals surface area (Å²) < 4.78 is 0. The van der Waals surface area contributed by atoms with Crippen molar-refractivity contribution in [2.75, 3.05) is 5.32 Å². The Morgan fingerprint density at radius 1 is 1.13 bits per heavy atom. The number of anilines is 1. The van der Waals surface area contributed by atoms with Gasteiger partial charge in [0.25, 0.3) is 0 Å². The second-order valence-electron chi connectivity index (χ2n) is 6.22. The topological polar surface area (TPSA) is 24.4 Å². The van der Waals surface area contributed by atoms with E-state index in [0.29, 0.717) is 5.02 Å². The fourth-order valence-corrected chi connectivity index (χ4v) is 3.41. The third-order valence-electron chi connectivity index (χ3n) is 4.38. The van der Waals surface area contributed by atoms with Crippen molar-refractivity contribution in [2.24, 2.45) is 10.9 Å². The molecule has 0 aromatic heterocycles. The average Bonchev–Trinajstić information content (AvgIpc) is 3.38. The van der Waals surface area contributed by atoms with Crippen LogP contribution in [-0.2, 0) is 0 Å². The lowest BCUT2D eigenvalue weighted by atomic mass is 10.0. The molecule has 0 spiro atoms. The van der Waals surface area contributed by atoms with Crippen molar-refractivity contribution < 1.29 is 0 Å². The van der Waals surface area contributed by atoms with Crippen molar-refractivity contribution in [1.29, 1.82) is 0 Å². The van der Waals surface area contributed by atoms with Gasteiger partial charge in [0.2, 0.25) is 0 Å². The first-order valence-corrected chi connectivity index (χ1v) is 8.73. The molecule has 23 heavy (non-hydrogen) atoms. The van der Waals surface area contributed by atoms with E-state index in [1.807, 2.05) is 36.4 Å². The Hall–Kier alpha value is -1.71. The second kappa shape index (κ2) is 6.06.